The van der Waals surface area contributed by atoms with Crippen molar-refractivity contribution in [3.05, 3.63) is 97.7 Å². The average Bonchev–Trinajstić information content (AvgIpc) is 3.53. The fraction of sp³-hybridized carbons (Fsp3) is 0.296. The maximum absolute atomic E-state index is 14.2. The van der Waals surface area contributed by atoms with Crippen molar-refractivity contribution >= 4 is 34.7 Å². The minimum absolute atomic E-state index is 0.136. The van der Waals surface area contributed by atoms with Crippen LogP contribution in [0, 0.1) is 23.0 Å². The Labute approximate surface area is 218 Å². The Bertz CT molecular complexity index is 1290. The first-order valence-corrected chi connectivity index (χ1v) is 12.9. The number of hydrogen-bond donors (Lipinski definition) is 2. The lowest BCUT2D eigenvalue weighted by Gasteiger charge is -2.31. The number of carbonyl (C=O) groups excluding carboxylic acids is 3. The number of nitrogens with zero attached hydrogens (tertiary/aromatic N) is 2. The van der Waals surface area contributed by atoms with Crippen LogP contribution in [0.1, 0.15) is 51.7 Å². The van der Waals surface area contributed by atoms with Gasteiger partial charge in [0.05, 0.1) is 16.9 Å². The average molecular weight is 521 g/mol. The molecule has 1 aliphatic heterocycles. The van der Waals surface area contributed by atoms with Crippen molar-refractivity contribution in [2.24, 2.45) is 11.7 Å². The smallest absolute Gasteiger partial charge is 0.318 e. The number of rotatable bonds is 8. The molecule has 9 nitrogen and oxygen atoms in total. The van der Waals surface area contributed by atoms with Gasteiger partial charge in [0.25, 0.3) is 5.69 Å². The second kappa shape index (κ2) is 10.9. The molecule has 1 aromatic heterocycles. The second-order valence-electron chi connectivity index (χ2n) is 9.08. The third-order valence-electron chi connectivity index (χ3n) is 6.67. The lowest BCUT2D eigenvalue weighted by Crippen LogP contribution is -2.50. The molecular formula is C27H28N4O5S. The van der Waals surface area contributed by atoms with Crippen molar-refractivity contribution in [3.63, 3.8) is 0 Å². The Kier molecular flexibility index (Phi) is 7.68. The fourth-order valence-electron chi connectivity index (χ4n) is 4.99. The van der Waals surface area contributed by atoms with Crippen LogP contribution >= 0.6 is 11.3 Å². The van der Waals surface area contributed by atoms with E-state index in [1.807, 2.05) is 55.6 Å². The summed E-state index contributed by atoms with van der Waals surface area (Å²) in [6.07, 6.45) is 0.690. The van der Waals surface area contributed by atoms with Crippen LogP contribution in [-0.4, -0.2) is 40.1 Å². The highest BCUT2D eigenvalue weighted by molar-refractivity contribution is 7.10. The zero-order valence-electron chi connectivity index (χ0n) is 20.5. The quantitative estimate of drug-likeness (QED) is 0.255. The number of thiophene rings is 1. The number of aryl methyl sites for hydroxylation is 1. The minimum Gasteiger partial charge on any atom is -0.368 e. The molecule has 0 saturated carbocycles. The first-order valence-electron chi connectivity index (χ1n) is 12.0. The molecule has 2 aromatic carbocycles. The molecule has 1 aliphatic rings. The van der Waals surface area contributed by atoms with E-state index in [0.717, 1.165) is 10.4 Å². The number of urea groups is 1. The SMILES string of the molecule is CCCNC(=O)N1C(C(N)=O)C(c2cccs2)C(C(=O)c2ccc([N+](=O)[O-])cc2)C1c1ccc(C)cc1. The second-order valence-corrected chi connectivity index (χ2v) is 10.1. The van der Waals surface area contributed by atoms with Gasteiger partial charge in [0.15, 0.2) is 5.78 Å². The summed E-state index contributed by atoms with van der Waals surface area (Å²) in [5.41, 5.74) is 7.75. The summed E-state index contributed by atoms with van der Waals surface area (Å²) < 4.78 is 0. The number of primary amides is 1. The first kappa shape index (κ1) is 26.0. The van der Waals surface area contributed by atoms with Crippen LogP contribution < -0.4 is 11.1 Å². The fourth-order valence-corrected chi connectivity index (χ4v) is 5.90. The Morgan fingerprint density at radius 3 is 2.30 bits per heavy atom. The van der Waals surface area contributed by atoms with Crippen LogP contribution in [0.25, 0.3) is 0 Å². The third kappa shape index (κ3) is 5.10. The van der Waals surface area contributed by atoms with E-state index in [-0.39, 0.29) is 17.0 Å². The number of nitro groups is 1. The van der Waals surface area contributed by atoms with Gasteiger partial charge in [-0.1, -0.05) is 42.8 Å². The highest BCUT2D eigenvalue weighted by Crippen LogP contribution is 2.52. The molecule has 4 atom stereocenters. The number of likely N-dealkylation sites (tertiary alicyclic amines) is 1. The van der Waals surface area contributed by atoms with Gasteiger partial charge in [0, 0.05) is 35.0 Å². The van der Waals surface area contributed by atoms with Crippen LogP contribution in [0.4, 0.5) is 10.5 Å². The summed E-state index contributed by atoms with van der Waals surface area (Å²) >= 11 is 1.39. The zero-order chi connectivity index (χ0) is 26.7. The summed E-state index contributed by atoms with van der Waals surface area (Å²) in [7, 11) is 0. The molecule has 0 spiro atoms. The van der Waals surface area contributed by atoms with E-state index >= 15 is 0 Å². The number of non-ortho nitro benzene ring substituents is 1. The number of nitrogens with two attached hydrogens (primary N) is 1. The molecule has 3 N–H and O–H groups in total. The van der Waals surface area contributed by atoms with Gasteiger partial charge in [0.1, 0.15) is 6.04 Å². The van der Waals surface area contributed by atoms with Crippen molar-refractivity contribution in [1.82, 2.24) is 10.2 Å². The predicted molar refractivity (Wildman–Crippen MR) is 140 cm³/mol. The maximum atomic E-state index is 14.2. The summed E-state index contributed by atoms with van der Waals surface area (Å²) in [6, 6.07) is 14.2. The van der Waals surface area contributed by atoms with Crippen LogP contribution in [0.5, 0.6) is 0 Å². The zero-order valence-corrected chi connectivity index (χ0v) is 21.3. The molecule has 4 unspecified atom stereocenters. The first-order chi connectivity index (χ1) is 17.7. The lowest BCUT2D eigenvalue weighted by atomic mass is 9.78. The van der Waals surface area contributed by atoms with Gasteiger partial charge in [-0.25, -0.2) is 4.79 Å². The molecule has 37 heavy (non-hydrogen) atoms. The number of nitro benzene ring substituents is 1. The van der Waals surface area contributed by atoms with Crippen molar-refractivity contribution < 1.29 is 19.3 Å². The Balaban J connectivity index is 1.91. The molecule has 4 rings (SSSR count). The van der Waals surface area contributed by atoms with Gasteiger partial charge in [0.2, 0.25) is 5.91 Å². The van der Waals surface area contributed by atoms with Crippen LogP contribution in [0.15, 0.2) is 66.0 Å². The number of carbonyl (C=O) groups is 3. The van der Waals surface area contributed by atoms with Crippen LogP contribution in [0.3, 0.4) is 0 Å². The molecule has 0 aliphatic carbocycles. The molecule has 0 radical (unpaired) electrons. The van der Waals surface area contributed by atoms with Gasteiger partial charge >= 0.3 is 6.03 Å². The van der Waals surface area contributed by atoms with Gasteiger partial charge in [-0.2, -0.15) is 0 Å². The monoisotopic (exact) mass is 520 g/mol. The molecule has 1 fully saturated rings. The Morgan fingerprint density at radius 1 is 1.08 bits per heavy atom. The molecule has 3 amide bonds. The normalized spacial score (nSPS) is 21.0. The summed E-state index contributed by atoms with van der Waals surface area (Å²) in [5, 5.41) is 15.9. The highest BCUT2D eigenvalue weighted by atomic mass is 32.1. The van der Waals surface area contributed by atoms with E-state index in [1.54, 1.807) is 0 Å². The van der Waals surface area contributed by atoms with E-state index in [1.165, 1.54) is 40.5 Å². The Morgan fingerprint density at radius 2 is 1.76 bits per heavy atom. The number of nitrogens with one attached hydrogen (secondary N) is 1. The standard InChI is InChI=1S/C27H28N4O5S/c1-3-14-29-27(34)30-23(17-8-6-16(2)7-9-17)22(21(24(30)26(28)33)20-5-4-15-37-20)25(32)18-10-12-19(13-11-18)31(35)36/h4-13,15,21-24H,3,14H2,1-2H3,(H2,28,33)(H,29,34). The largest absolute Gasteiger partial charge is 0.368 e. The van der Waals surface area contributed by atoms with E-state index in [2.05, 4.69) is 5.32 Å². The molecule has 3 aromatic rings. The number of hydrogen-bond acceptors (Lipinski definition) is 6. The molecular weight excluding hydrogens is 492 g/mol. The predicted octanol–water partition coefficient (Wildman–Crippen LogP) is 4.58. The summed E-state index contributed by atoms with van der Waals surface area (Å²) in [4.78, 5) is 53.5. The van der Waals surface area contributed by atoms with Crippen molar-refractivity contribution in [3.8, 4) is 0 Å². The number of benzene rings is 2. The van der Waals surface area contributed by atoms with Crippen LogP contribution in [0.2, 0.25) is 0 Å². The maximum Gasteiger partial charge on any atom is 0.318 e. The number of ketones is 1. The van der Waals surface area contributed by atoms with E-state index in [9.17, 15) is 24.5 Å². The van der Waals surface area contributed by atoms with Gasteiger partial charge in [-0.05, 0) is 42.5 Å². The van der Waals surface area contributed by atoms with E-state index < -0.39 is 40.8 Å². The van der Waals surface area contributed by atoms with Gasteiger partial charge < -0.3 is 16.0 Å². The Hall–Kier alpha value is -4.05. The molecule has 10 heteroatoms. The van der Waals surface area contributed by atoms with Crippen molar-refractivity contribution in [2.75, 3.05) is 6.54 Å². The molecule has 192 valence electrons. The van der Waals surface area contributed by atoms with E-state index in [4.69, 9.17) is 5.73 Å². The number of amides is 3. The summed E-state index contributed by atoms with van der Waals surface area (Å²) in [6.45, 7) is 4.25. The van der Waals surface area contributed by atoms with Crippen LogP contribution in [-0.2, 0) is 4.79 Å². The van der Waals surface area contributed by atoms with E-state index in [0.29, 0.717) is 18.5 Å². The minimum atomic E-state index is -1.08. The van der Waals surface area contributed by atoms with Crippen molar-refractivity contribution in [1.29, 1.82) is 0 Å². The van der Waals surface area contributed by atoms with Gasteiger partial charge in [-0.3, -0.25) is 19.7 Å². The number of Topliss-reactive ketones (excluding diaryl/α,β-unsaturated/α-hetero) is 1. The van der Waals surface area contributed by atoms with Crippen molar-refractivity contribution in [2.45, 2.75) is 38.3 Å². The lowest BCUT2D eigenvalue weighted by molar-refractivity contribution is -0.384. The molecule has 0 bridgehead atoms. The highest BCUT2D eigenvalue weighted by Gasteiger charge is 2.57. The topological polar surface area (TPSA) is 136 Å². The third-order valence-corrected chi connectivity index (χ3v) is 7.65. The summed E-state index contributed by atoms with van der Waals surface area (Å²) in [5.74, 6) is -2.58. The molecule has 2 heterocycles. The van der Waals surface area contributed by atoms with Gasteiger partial charge in [-0.15, -0.1) is 11.3 Å². The molecule has 1 saturated heterocycles.